The summed E-state index contributed by atoms with van der Waals surface area (Å²) in [5.74, 6) is 0.606. The smallest absolute Gasteiger partial charge is 0.229 e. The average molecular weight is 476 g/mol. The van der Waals surface area contributed by atoms with Crippen LogP contribution >= 0.6 is 0 Å². The van der Waals surface area contributed by atoms with Gasteiger partial charge < -0.3 is 20.1 Å². The van der Waals surface area contributed by atoms with Gasteiger partial charge in [-0.15, -0.1) is 5.10 Å². The molecule has 7 rings (SSSR count). The molecule has 0 unspecified atom stereocenters. The van der Waals surface area contributed by atoms with Crippen LogP contribution in [0.1, 0.15) is 50.1 Å². The number of nitrogens with one attached hydrogen (secondary N) is 1. The van der Waals surface area contributed by atoms with Gasteiger partial charge in [-0.3, -0.25) is 4.79 Å². The molecule has 8 nitrogen and oxygen atoms in total. The van der Waals surface area contributed by atoms with Crippen molar-refractivity contribution in [3.63, 3.8) is 0 Å². The van der Waals surface area contributed by atoms with Gasteiger partial charge in [-0.05, 0) is 37.5 Å². The molecule has 184 valence electrons. The predicted molar refractivity (Wildman–Crippen MR) is 132 cm³/mol. The first-order chi connectivity index (χ1) is 16.8. The van der Waals surface area contributed by atoms with Crippen molar-refractivity contribution < 1.29 is 14.6 Å². The van der Waals surface area contributed by atoms with E-state index >= 15 is 0 Å². The van der Waals surface area contributed by atoms with E-state index in [1.165, 1.54) is 5.56 Å². The molecule has 8 heteroatoms. The van der Waals surface area contributed by atoms with Crippen LogP contribution in [-0.2, 0) is 20.5 Å². The van der Waals surface area contributed by atoms with Crippen LogP contribution in [0.4, 0.5) is 5.69 Å². The number of nitrogens with zero attached hydrogens (tertiary/aromatic N) is 4. The Balaban J connectivity index is 1.23. The second kappa shape index (κ2) is 7.77. The molecule has 2 aromatic heterocycles. The van der Waals surface area contributed by atoms with Gasteiger partial charge >= 0.3 is 0 Å². The molecule has 4 aliphatic rings. The van der Waals surface area contributed by atoms with Gasteiger partial charge in [0, 0.05) is 37.4 Å². The lowest BCUT2D eigenvalue weighted by Crippen LogP contribution is -2.53. The number of aromatic nitrogens is 3. The number of aliphatic hydroxyl groups excluding tert-OH is 1. The number of anilines is 1. The number of aliphatic hydroxyl groups is 1. The van der Waals surface area contributed by atoms with Crippen molar-refractivity contribution in [3.05, 3.63) is 59.5 Å². The van der Waals surface area contributed by atoms with E-state index in [9.17, 15) is 9.90 Å². The first-order valence-corrected chi connectivity index (χ1v) is 12.5. The van der Waals surface area contributed by atoms with Gasteiger partial charge in [0.1, 0.15) is 5.60 Å². The maximum absolute atomic E-state index is 12.8. The minimum atomic E-state index is -0.599. The third kappa shape index (κ3) is 3.45. The number of hydrogen-bond acceptors (Lipinski definition) is 6. The summed E-state index contributed by atoms with van der Waals surface area (Å²) in [5.41, 5.74) is 3.41. The van der Waals surface area contributed by atoms with Crippen molar-refractivity contribution in [2.45, 2.75) is 57.1 Å². The van der Waals surface area contributed by atoms with Crippen LogP contribution < -0.4 is 10.2 Å². The first-order valence-electron chi connectivity index (χ1n) is 12.5. The van der Waals surface area contributed by atoms with Crippen molar-refractivity contribution in [2.24, 2.45) is 5.41 Å². The molecule has 2 N–H and O–H groups in total. The van der Waals surface area contributed by atoms with Crippen molar-refractivity contribution >= 4 is 17.2 Å². The van der Waals surface area contributed by atoms with Crippen LogP contribution in [0.2, 0.25) is 0 Å². The summed E-state index contributed by atoms with van der Waals surface area (Å²) < 4.78 is 8.02. The number of rotatable bonds is 6. The molecule has 35 heavy (non-hydrogen) atoms. The third-order valence-electron chi connectivity index (χ3n) is 8.33. The molecule has 2 bridgehead atoms. The van der Waals surface area contributed by atoms with Crippen LogP contribution in [0, 0.1) is 12.3 Å². The Kier molecular flexibility index (Phi) is 4.99. The molecular formula is C27H33N5O3. The Morgan fingerprint density at radius 3 is 2.80 bits per heavy atom. The number of ether oxygens (including phenoxy) is 1. The summed E-state index contributed by atoms with van der Waals surface area (Å²) in [7, 11) is 0. The zero-order chi connectivity index (χ0) is 24.4. The molecule has 2 atom stereocenters. The molecule has 4 fully saturated rings. The maximum atomic E-state index is 12.8. The third-order valence-corrected chi connectivity index (χ3v) is 8.33. The first kappa shape index (κ1) is 22.5. The van der Waals surface area contributed by atoms with E-state index in [2.05, 4.69) is 66.7 Å². The van der Waals surface area contributed by atoms with Gasteiger partial charge in [0.05, 0.1) is 30.5 Å². The minimum absolute atomic E-state index is 0.0510. The zero-order valence-electron chi connectivity index (χ0n) is 20.6. The lowest BCUT2D eigenvalue weighted by atomic mass is 9.61. The maximum Gasteiger partial charge on any atom is 0.229 e. The minimum Gasteiger partial charge on any atom is -0.394 e. The number of carbonyl (C=O) groups excluding carboxylic acids is 1. The standard InChI is InChI=1S/C27H33N5O3/c1-18-11-21(31-10-9-25(3,16-31)20-7-5-4-6-8-20)12-32-22(18)29-23(30-32)27-14-26(15-27,17-35-27)24(34)28-19(2)13-33/h4-8,11-12,19,33H,9-10,13-17H2,1-3H3,(H,28,34)/t19-,25-,26?,27?/m0/s1. The molecule has 3 aromatic rings. The highest BCUT2D eigenvalue weighted by atomic mass is 16.5. The summed E-state index contributed by atoms with van der Waals surface area (Å²) >= 11 is 0. The molecule has 3 aliphatic heterocycles. The van der Waals surface area contributed by atoms with Gasteiger partial charge in [0.25, 0.3) is 0 Å². The average Bonchev–Trinajstić information content (AvgIpc) is 3.60. The zero-order valence-corrected chi connectivity index (χ0v) is 20.6. The molecule has 0 radical (unpaired) electrons. The van der Waals surface area contributed by atoms with E-state index < -0.39 is 11.0 Å². The van der Waals surface area contributed by atoms with Gasteiger partial charge in [-0.25, -0.2) is 9.50 Å². The molecular weight excluding hydrogens is 442 g/mol. The Morgan fingerprint density at radius 2 is 2.06 bits per heavy atom. The number of aryl methyl sites for hydroxylation is 1. The van der Waals surface area contributed by atoms with Crippen LogP contribution in [0.25, 0.3) is 5.65 Å². The molecule has 1 aliphatic carbocycles. The van der Waals surface area contributed by atoms with Crippen LogP contribution in [0.5, 0.6) is 0 Å². The summed E-state index contributed by atoms with van der Waals surface area (Å²) in [4.78, 5) is 20.1. The Morgan fingerprint density at radius 1 is 1.29 bits per heavy atom. The van der Waals surface area contributed by atoms with Crippen LogP contribution in [0.3, 0.4) is 0 Å². The largest absolute Gasteiger partial charge is 0.394 e. The quantitative estimate of drug-likeness (QED) is 0.570. The number of hydrogen-bond donors (Lipinski definition) is 2. The number of pyridine rings is 1. The van der Waals surface area contributed by atoms with E-state index in [1.807, 2.05) is 4.52 Å². The molecule has 1 aromatic carbocycles. The predicted octanol–water partition coefficient (Wildman–Crippen LogP) is 2.71. The van der Waals surface area contributed by atoms with E-state index in [4.69, 9.17) is 14.8 Å². The molecule has 1 saturated carbocycles. The molecule has 5 heterocycles. The van der Waals surface area contributed by atoms with Crippen LogP contribution in [0.15, 0.2) is 42.6 Å². The van der Waals surface area contributed by atoms with E-state index in [0.29, 0.717) is 25.3 Å². The van der Waals surface area contributed by atoms with E-state index in [1.54, 1.807) is 6.92 Å². The lowest BCUT2D eigenvalue weighted by molar-refractivity contribution is -0.137. The Labute approximate surface area is 205 Å². The monoisotopic (exact) mass is 475 g/mol. The van der Waals surface area contributed by atoms with Gasteiger partial charge in [0.2, 0.25) is 5.91 Å². The van der Waals surface area contributed by atoms with E-state index in [0.717, 1.165) is 36.4 Å². The number of benzene rings is 1. The van der Waals surface area contributed by atoms with Crippen molar-refractivity contribution in [3.8, 4) is 0 Å². The molecule has 1 amide bonds. The molecule has 0 spiro atoms. The Hall–Kier alpha value is -2.97. The van der Waals surface area contributed by atoms with E-state index in [-0.39, 0.29) is 24.0 Å². The SMILES string of the molecule is Cc1cc(N2CC[C@](C)(c3ccccc3)C2)cn2nc(C34CC(C(=O)N[C@@H](C)CO)(CO3)C4)nc12. The van der Waals surface area contributed by atoms with Crippen molar-refractivity contribution in [2.75, 3.05) is 31.2 Å². The number of fused-ring (bicyclic) bond motifs is 2. The second-order valence-electron chi connectivity index (χ2n) is 11.2. The summed E-state index contributed by atoms with van der Waals surface area (Å²) in [6, 6.07) is 12.7. The Bertz CT molecular complexity index is 1280. The number of amides is 1. The highest BCUT2D eigenvalue weighted by Gasteiger charge is 2.68. The lowest BCUT2D eigenvalue weighted by Gasteiger charge is -2.41. The summed E-state index contributed by atoms with van der Waals surface area (Å²) in [6.45, 7) is 8.45. The van der Waals surface area contributed by atoms with Crippen molar-refractivity contribution in [1.82, 2.24) is 19.9 Å². The van der Waals surface area contributed by atoms with Crippen LogP contribution in [-0.4, -0.2) is 58.0 Å². The fraction of sp³-hybridized carbons (Fsp3) is 0.519. The van der Waals surface area contributed by atoms with Gasteiger partial charge in [-0.1, -0.05) is 37.3 Å². The summed E-state index contributed by atoms with van der Waals surface area (Å²) in [6.07, 6.45) is 4.33. The number of carbonyl (C=O) groups is 1. The van der Waals surface area contributed by atoms with Gasteiger partial charge in [0.15, 0.2) is 11.5 Å². The fourth-order valence-electron chi connectivity index (χ4n) is 6.15. The fourth-order valence-corrected chi connectivity index (χ4v) is 6.15. The molecule has 3 saturated heterocycles. The highest BCUT2D eigenvalue weighted by Crippen LogP contribution is 2.62. The normalized spacial score (nSPS) is 30.5. The topological polar surface area (TPSA) is 92.0 Å². The second-order valence-corrected chi connectivity index (χ2v) is 11.2. The van der Waals surface area contributed by atoms with Crippen molar-refractivity contribution in [1.29, 1.82) is 0 Å². The highest BCUT2D eigenvalue weighted by molar-refractivity contribution is 5.85. The van der Waals surface area contributed by atoms with Gasteiger partial charge in [-0.2, -0.15) is 0 Å². The summed E-state index contributed by atoms with van der Waals surface area (Å²) in [5, 5.41) is 17.0.